The lowest BCUT2D eigenvalue weighted by molar-refractivity contribution is -0.143. The van der Waals surface area contributed by atoms with Gasteiger partial charge in [0, 0.05) is 12.8 Å². The van der Waals surface area contributed by atoms with Gasteiger partial charge in [0.05, 0.1) is 25.4 Å². The van der Waals surface area contributed by atoms with Crippen LogP contribution in [0.5, 0.6) is 0 Å². The Morgan fingerprint density at radius 2 is 0.662 bits per heavy atom. The lowest BCUT2D eigenvalue weighted by Gasteiger charge is -2.22. The van der Waals surface area contributed by atoms with Gasteiger partial charge in [0.1, 0.15) is 0 Å². The second-order valence-electron chi connectivity index (χ2n) is 22.5. The van der Waals surface area contributed by atoms with E-state index in [0.29, 0.717) is 25.9 Å². The Balaban J connectivity index is 3.41. The summed E-state index contributed by atoms with van der Waals surface area (Å²) < 4.78 is 5.47. The lowest BCUT2D eigenvalue weighted by atomic mass is 10.0. The minimum absolute atomic E-state index is 0.00478. The van der Waals surface area contributed by atoms with E-state index in [-0.39, 0.29) is 18.5 Å². The topological polar surface area (TPSA) is 95.9 Å². The van der Waals surface area contributed by atoms with Crippen LogP contribution < -0.4 is 5.32 Å². The molecule has 0 aromatic carbocycles. The summed E-state index contributed by atoms with van der Waals surface area (Å²) in [6.07, 6.45) is 73.7. The molecule has 0 fully saturated rings. The van der Waals surface area contributed by atoms with Gasteiger partial charge in [-0.1, -0.05) is 315 Å². The number of allylic oxidation sites excluding steroid dienone is 2. The number of aliphatic hydroxyl groups is 2. The maximum absolute atomic E-state index is 12.5. The largest absolute Gasteiger partial charge is 0.466 e. The number of unbranched alkanes of at least 4 members (excludes halogenated alkanes) is 48. The van der Waals surface area contributed by atoms with Crippen LogP contribution in [0.2, 0.25) is 0 Å². The molecule has 0 radical (unpaired) electrons. The molecule has 422 valence electrons. The Hall–Kier alpha value is -1.40. The molecule has 0 rings (SSSR count). The van der Waals surface area contributed by atoms with Crippen molar-refractivity contribution < 1.29 is 24.5 Å². The van der Waals surface area contributed by atoms with Crippen molar-refractivity contribution in [3.05, 3.63) is 12.2 Å². The molecule has 0 aliphatic heterocycles. The number of aliphatic hydroxyl groups excluding tert-OH is 2. The molecule has 1 amide bonds. The van der Waals surface area contributed by atoms with E-state index in [1.54, 1.807) is 0 Å². The Kier molecular flexibility index (Phi) is 59.9. The quantitative estimate of drug-likeness (QED) is 0.0320. The molecule has 6 heteroatoms. The van der Waals surface area contributed by atoms with Crippen molar-refractivity contribution >= 4 is 11.9 Å². The zero-order valence-electron chi connectivity index (χ0n) is 48.2. The van der Waals surface area contributed by atoms with Gasteiger partial charge in [-0.15, -0.1) is 0 Å². The summed E-state index contributed by atoms with van der Waals surface area (Å²) in [6, 6.07) is -0.548. The van der Waals surface area contributed by atoms with Gasteiger partial charge in [-0.25, -0.2) is 0 Å². The Morgan fingerprint density at radius 3 is 1.01 bits per heavy atom. The van der Waals surface area contributed by atoms with Crippen molar-refractivity contribution in [2.24, 2.45) is 0 Å². The van der Waals surface area contributed by atoms with E-state index in [4.69, 9.17) is 4.74 Å². The molecule has 0 spiro atoms. The second kappa shape index (κ2) is 61.1. The standard InChI is InChI=1S/C65H127NO5/c1-3-5-7-9-11-13-15-17-18-19-20-21-22-23-24-25-26-27-30-34-37-41-45-49-53-57-63(68)62(61-67)66-64(69)58-54-50-46-42-38-35-31-28-29-32-36-40-44-48-52-56-60-71-65(70)59-55-51-47-43-39-33-16-14-12-10-8-6-4-2/h14,16,62-63,67-68H,3-13,15,17-61H2,1-2H3,(H,66,69)/b16-14-. The van der Waals surface area contributed by atoms with Gasteiger partial charge >= 0.3 is 5.97 Å². The van der Waals surface area contributed by atoms with Gasteiger partial charge in [-0.05, 0) is 51.4 Å². The number of hydrogen-bond donors (Lipinski definition) is 3. The number of carbonyl (C=O) groups excluding carboxylic acids is 2. The number of rotatable bonds is 61. The first-order valence-electron chi connectivity index (χ1n) is 32.4. The second-order valence-corrected chi connectivity index (χ2v) is 22.5. The number of esters is 1. The molecule has 71 heavy (non-hydrogen) atoms. The molecule has 6 nitrogen and oxygen atoms in total. The summed E-state index contributed by atoms with van der Waals surface area (Å²) in [7, 11) is 0. The Labute approximate surface area is 444 Å². The minimum atomic E-state index is -0.670. The molecular weight excluding hydrogens is 875 g/mol. The highest BCUT2D eigenvalue weighted by Gasteiger charge is 2.20. The number of ether oxygens (including phenoxy) is 1. The van der Waals surface area contributed by atoms with Crippen LogP contribution in [0.4, 0.5) is 0 Å². The van der Waals surface area contributed by atoms with Crippen LogP contribution in [-0.4, -0.2) is 47.4 Å². The molecule has 0 heterocycles. The maximum atomic E-state index is 12.5. The fourth-order valence-electron chi connectivity index (χ4n) is 10.3. The molecular formula is C65H127NO5. The van der Waals surface area contributed by atoms with Crippen LogP contribution in [0.3, 0.4) is 0 Å². The zero-order valence-corrected chi connectivity index (χ0v) is 48.2. The highest BCUT2D eigenvalue weighted by atomic mass is 16.5. The molecule has 0 aromatic heterocycles. The predicted molar refractivity (Wildman–Crippen MR) is 310 cm³/mol. The highest BCUT2D eigenvalue weighted by molar-refractivity contribution is 5.76. The van der Waals surface area contributed by atoms with Crippen molar-refractivity contribution in [2.45, 2.75) is 379 Å². The van der Waals surface area contributed by atoms with Crippen molar-refractivity contribution in [2.75, 3.05) is 13.2 Å². The van der Waals surface area contributed by atoms with Gasteiger partial charge in [0.2, 0.25) is 5.91 Å². The van der Waals surface area contributed by atoms with Crippen molar-refractivity contribution in [1.29, 1.82) is 0 Å². The third kappa shape index (κ3) is 57.7. The minimum Gasteiger partial charge on any atom is -0.466 e. The van der Waals surface area contributed by atoms with Crippen LogP contribution in [0.15, 0.2) is 12.2 Å². The first-order chi connectivity index (χ1) is 35.0. The van der Waals surface area contributed by atoms with Crippen LogP contribution in [0.25, 0.3) is 0 Å². The maximum Gasteiger partial charge on any atom is 0.305 e. The van der Waals surface area contributed by atoms with Crippen LogP contribution >= 0.6 is 0 Å². The molecule has 3 N–H and O–H groups in total. The van der Waals surface area contributed by atoms with Crippen molar-refractivity contribution in [1.82, 2.24) is 5.32 Å². The third-order valence-corrected chi connectivity index (χ3v) is 15.3. The average Bonchev–Trinajstić information content (AvgIpc) is 3.37. The third-order valence-electron chi connectivity index (χ3n) is 15.3. The molecule has 2 unspecified atom stereocenters. The summed E-state index contributed by atoms with van der Waals surface area (Å²) in [5.74, 6) is -0.0421. The van der Waals surface area contributed by atoms with Gasteiger partial charge in [-0.2, -0.15) is 0 Å². The Morgan fingerprint density at radius 1 is 0.380 bits per heavy atom. The van der Waals surface area contributed by atoms with E-state index in [9.17, 15) is 19.8 Å². The van der Waals surface area contributed by atoms with E-state index in [1.807, 2.05) is 0 Å². The van der Waals surface area contributed by atoms with Crippen LogP contribution in [0.1, 0.15) is 367 Å². The summed E-state index contributed by atoms with van der Waals surface area (Å²) in [5.41, 5.74) is 0. The first kappa shape index (κ1) is 69.6. The molecule has 2 atom stereocenters. The molecule has 0 bridgehead atoms. The number of hydrogen-bond acceptors (Lipinski definition) is 5. The average molecular weight is 1000 g/mol. The lowest BCUT2D eigenvalue weighted by Crippen LogP contribution is -2.45. The first-order valence-corrected chi connectivity index (χ1v) is 32.4. The van der Waals surface area contributed by atoms with Crippen LogP contribution in [0, 0.1) is 0 Å². The van der Waals surface area contributed by atoms with Crippen LogP contribution in [-0.2, 0) is 14.3 Å². The van der Waals surface area contributed by atoms with Gasteiger partial charge in [0.25, 0.3) is 0 Å². The smallest absolute Gasteiger partial charge is 0.305 e. The summed E-state index contributed by atoms with van der Waals surface area (Å²) in [5, 5.41) is 23.4. The Bertz CT molecular complexity index is 1060. The fraction of sp³-hybridized carbons (Fsp3) is 0.938. The fourth-order valence-corrected chi connectivity index (χ4v) is 10.3. The van der Waals surface area contributed by atoms with E-state index in [0.717, 1.165) is 44.9 Å². The van der Waals surface area contributed by atoms with Crippen molar-refractivity contribution in [3.8, 4) is 0 Å². The van der Waals surface area contributed by atoms with Gasteiger partial charge < -0.3 is 20.3 Å². The molecule has 0 aliphatic rings. The van der Waals surface area contributed by atoms with E-state index in [1.165, 1.54) is 289 Å². The summed E-state index contributed by atoms with van der Waals surface area (Å²) in [6.45, 7) is 4.95. The molecule has 0 aromatic rings. The molecule has 0 saturated carbocycles. The SMILES string of the molecule is CCCCCC/C=C\CCCCCCCC(=O)OCCCCCCCCCCCCCCCCCCC(=O)NC(CO)C(O)CCCCCCCCCCCCCCCCCCCCCCCCCCC. The zero-order chi connectivity index (χ0) is 51.4. The monoisotopic (exact) mass is 1000 g/mol. The van der Waals surface area contributed by atoms with E-state index in [2.05, 4.69) is 31.3 Å². The van der Waals surface area contributed by atoms with Gasteiger partial charge in [-0.3, -0.25) is 9.59 Å². The van der Waals surface area contributed by atoms with E-state index < -0.39 is 12.1 Å². The van der Waals surface area contributed by atoms with Crippen molar-refractivity contribution in [3.63, 3.8) is 0 Å². The number of amides is 1. The van der Waals surface area contributed by atoms with Gasteiger partial charge in [0.15, 0.2) is 0 Å². The summed E-state index contributed by atoms with van der Waals surface area (Å²) in [4.78, 5) is 24.6. The molecule has 0 saturated heterocycles. The number of carbonyl (C=O) groups is 2. The highest BCUT2D eigenvalue weighted by Crippen LogP contribution is 2.19. The molecule has 0 aliphatic carbocycles. The normalized spacial score (nSPS) is 12.6. The predicted octanol–water partition coefficient (Wildman–Crippen LogP) is 20.4. The number of nitrogens with one attached hydrogen (secondary N) is 1. The summed E-state index contributed by atoms with van der Waals surface area (Å²) >= 11 is 0. The van der Waals surface area contributed by atoms with E-state index >= 15 is 0 Å².